The molecule has 2 unspecified atom stereocenters. The van der Waals surface area contributed by atoms with Crippen LogP contribution in [0.5, 0.6) is 0 Å². The molecule has 102 valence electrons. The minimum Gasteiger partial charge on any atom is -0.367 e. The summed E-state index contributed by atoms with van der Waals surface area (Å²) in [4.78, 5) is 2.79. The lowest BCUT2D eigenvalue weighted by Gasteiger charge is -2.33. The van der Waals surface area contributed by atoms with Gasteiger partial charge in [0.2, 0.25) is 0 Å². The van der Waals surface area contributed by atoms with Gasteiger partial charge in [-0.1, -0.05) is 25.5 Å². The minimum absolute atomic E-state index is 0.849. The first-order valence-electron chi connectivity index (χ1n) is 8.17. The second kappa shape index (κ2) is 4.26. The molecule has 2 fully saturated rings. The smallest absolute Gasteiger partial charge is 0.0407 e. The molecule has 1 heteroatoms. The van der Waals surface area contributed by atoms with Crippen molar-refractivity contribution in [1.82, 2.24) is 0 Å². The normalized spacial score (nSPS) is 34.7. The molecule has 1 aromatic carbocycles. The molecule has 0 N–H and O–H groups in total. The van der Waals surface area contributed by atoms with Gasteiger partial charge in [-0.05, 0) is 61.6 Å². The Balaban J connectivity index is 1.78. The van der Waals surface area contributed by atoms with Crippen LogP contribution in [0.25, 0.3) is 0 Å². The average molecular weight is 255 g/mol. The second-order valence-electron chi connectivity index (χ2n) is 6.90. The summed E-state index contributed by atoms with van der Waals surface area (Å²) in [6, 6.07) is 7.82. The van der Waals surface area contributed by atoms with Crippen molar-refractivity contribution >= 4 is 5.69 Å². The zero-order valence-corrected chi connectivity index (χ0v) is 12.2. The number of anilines is 1. The van der Waals surface area contributed by atoms with Gasteiger partial charge in [0.25, 0.3) is 0 Å². The molecule has 1 nitrogen and oxygen atoms in total. The van der Waals surface area contributed by atoms with Crippen molar-refractivity contribution in [3.63, 3.8) is 0 Å². The highest BCUT2D eigenvalue weighted by molar-refractivity contribution is 5.66. The molecule has 0 aromatic heterocycles. The van der Waals surface area contributed by atoms with Crippen molar-refractivity contribution in [1.29, 1.82) is 0 Å². The van der Waals surface area contributed by atoms with E-state index in [9.17, 15) is 0 Å². The third-order valence-electron chi connectivity index (χ3n) is 5.93. The van der Waals surface area contributed by atoms with Crippen LogP contribution >= 0.6 is 0 Å². The molecule has 1 aliphatic heterocycles. The lowest BCUT2D eigenvalue weighted by Crippen LogP contribution is -2.38. The summed E-state index contributed by atoms with van der Waals surface area (Å²) in [5.41, 5.74) is 4.84. The molecule has 2 saturated carbocycles. The highest BCUT2D eigenvalue weighted by Crippen LogP contribution is 2.61. The van der Waals surface area contributed by atoms with Gasteiger partial charge in [0.1, 0.15) is 0 Å². The lowest BCUT2D eigenvalue weighted by atomic mass is 9.81. The molecule has 0 radical (unpaired) electrons. The SMILES string of the molecule is CCCCN1c2cccc(C)c2[C@H]2C3CCC(C3)[C@H]21. The van der Waals surface area contributed by atoms with Crippen LogP contribution < -0.4 is 4.90 Å². The monoisotopic (exact) mass is 255 g/mol. The summed E-state index contributed by atoms with van der Waals surface area (Å²) in [5, 5.41) is 0. The Kier molecular flexibility index (Phi) is 2.65. The molecule has 2 bridgehead atoms. The number of hydrogen-bond donors (Lipinski definition) is 0. The fraction of sp³-hybridized carbons (Fsp3) is 0.667. The first-order chi connectivity index (χ1) is 9.31. The Labute approximate surface area is 117 Å². The number of benzene rings is 1. The van der Waals surface area contributed by atoms with Gasteiger partial charge in [-0.15, -0.1) is 0 Å². The molecular formula is C18H25N. The minimum atomic E-state index is 0.849. The van der Waals surface area contributed by atoms with E-state index in [0.717, 1.165) is 23.8 Å². The van der Waals surface area contributed by atoms with Crippen LogP contribution in [0.3, 0.4) is 0 Å². The number of hydrogen-bond acceptors (Lipinski definition) is 1. The highest BCUT2D eigenvalue weighted by Gasteiger charge is 2.54. The fourth-order valence-electron chi connectivity index (χ4n) is 5.22. The molecule has 1 heterocycles. The van der Waals surface area contributed by atoms with E-state index >= 15 is 0 Å². The van der Waals surface area contributed by atoms with Gasteiger partial charge in [-0.25, -0.2) is 0 Å². The van der Waals surface area contributed by atoms with Crippen LogP contribution in [-0.2, 0) is 0 Å². The van der Waals surface area contributed by atoms with Crippen molar-refractivity contribution in [2.75, 3.05) is 11.4 Å². The maximum Gasteiger partial charge on any atom is 0.0407 e. The standard InChI is InChI=1S/C18H25N/c1-3-4-10-19-15-7-5-6-12(2)16(15)17-13-8-9-14(11-13)18(17)19/h5-7,13-14,17-18H,3-4,8-11H2,1-2H3/t13?,14?,17-,18-/m1/s1. The van der Waals surface area contributed by atoms with Gasteiger partial charge < -0.3 is 4.90 Å². The summed E-state index contributed by atoms with van der Waals surface area (Å²) in [6.45, 7) is 5.91. The van der Waals surface area contributed by atoms with Crippen LogP contribution in [0.15, 0.2) is 18.2 Å². The number of fused-ring (bicyclic) bond motifs is 7. The molecule has 0 spiro atoms. The predicted molar refractivity (Wildman–Crippen MR) is 80.8 cm³/mol. The molecule has 0 saturated heterocycles. The lowest BCUT2D eigenvalue weighted by molar-refractivity contribution is 0.365. The van der Waals surface area contributed by atoms with Crippen LogP contribution in [0.2, 0.25) is 0 Å². The molecule has 0 amide bonds. The zero-order valence-electron chi connectivity index (χ0n) is 12.2. The third-order valence-corrected chi connectivity index (χ3v) is 5.93. The van der Waals surface area contributed by atoms with E-state index in [1.54, 1.807) is 16.8 Å². The molecule has 19 heavy (non-hydrogen) atoms. The topological polar surface area (TPSA) is 3.24 Å². The van der Waals surface area contributed by atoms with Crippen LogP contribution in [0, 0.1) is 18.8 Å². The van der Waals surface area contributed by atoms with E-state index in [0.29, 0.717) is 0 Å². The number of nitrogens with zero attached hydrogens (tertiary/aromatic N) is 1. The largest absolute Gasteiger partial charge is 0.367 e. The Morgan fingerprint density at radius 1 is 1.21 bits per heavy atom. The molecule has 4 atom stereocenters. The van der Waals surface area contributed by atoms with Crippen LogP contribution in [-0.4, -0.2) is 12.6 Å². The van der Waals surface area contributed by atoms with E-state index in [2.05, 4.69) is 36.9 Å². The van der Waals surface area contributed by atoms with Gasteiger partial charge in [0.05, 0.1) is 0 Å². The number of unbranched alkanes of at least 4 members (excludes halogenated alkanes) is 1. The fourth-order valence-corrected chi connectivity index (χ4v) is 5.22. The molecule has 3 aliphatic rings. The first-order valence-corrected chi connectivity index (χ1v) is 8.17. The second-order valence-corrected chi connectivity index (χ2v) is 6.90. The van der Waals surface area contributed by atoms with E-state index in [1.165, 1.54) is 38.6 Å². The Hall–Kier alpha value is -0.980. The van der Waals surface area contributed by atoms with Crippen molar-refractivity contribution in [2.24, 2.45) is 11.8 Å². The van der Waals surface area contributed by atoms with Gasteiger partial charge in [0, 0.05) is 24.2 Å². The van der Waals surface area contributed by atoms with Crippen LogP contribution in [0.1, 0.15) is 56.1 Å². The van der Waals surface area contributed by atoms with Gasteiger partial charge >= 0.3 is 0 Å². The maximum atomic E-state index is 2.79. The number of rotatable bonds is 3. The summed E-state index contributed by atoms with van der Waals surface area (Å²) in [6.07, 6.45) is 7.13. The van der Waals surface area contributed by atoms with Gasteiger partial charge in [-0.2, -0.15) is 0 Å². The quantitative estimate of drug-likeness (QED) is 0.769. The zero-order chi connectivity index (χ0) is 13.0. The molecule has 1 aromatic rings. The van der Waals surface area contributed by atoms with E-state index < -0.39 is 0 Å². The molecular weight excluding hydrogens is 230 g/mol. The Morgan fingerprint density at radius 3 is 2.89 bits per heavy atom. The van der Waals surface area contributed by atoms with E-state index in [-0.39, 0.29) is 0 Å². The predicted octanol–water partition coefficient (Wildman–Crippen LogP) is 4.50. The summed E-state index contributed by atoms with van der Waals surface area (Å²) < 4.78 is 0. The van der Waals surface area contributed by atoms with Crippen molar-refractivity contribution in [3.05, 3.63) is 29.3 Å². The Bertz CT molecular complexity index is 492. The van der Waals surface area contributed by atoms with Crippen molar-refractivity contribution in [3.8, 4) is 0 Å². The van der Waals surface area contributed by atoms with Gasteiger partial charge in [0.15, 0.2) is 0 Å². The summed E-state index contributed by atoms with van der Waals surface area (Å²) >= 11 is 0. The first kappa shape index (κ1) is 11.8. The molecule has 4 rings (SSSR count). The number of aryl methyl sites for hydroxylation is 1. The Morgan fingerprint density at radius 2 is 2.05 bits per heavy atom. The third kappa shape index (κ3) is 1.53. The van der Waals surface area contributed by atoms with Gasteiger partial charge in [-0.3, -0.25) is 0 Å². The summed E-state index contributed by atoms with van der Waals surface area (Å²) in [5.74, 6) is 2.84. The van der Waals surface area contributed by atoms with E-state index in [4.69, 9.17) is 0 Å². The van der Waals surface area contributed by atoms with Crippen LogP contribution in [0.4, 0.5) is 5.69 Å². The average Bonchev–Trinajstić information content (AvgIpc) is 3.07. The van der Waals surface area contributed by atoms with Crippen molar-refractivity contribution < 1.29 is 0 Å². The maximum absolute atomic E-state index is 2.79. The van der Waals surface area contributed by atoms with E-state index in [1.807, 2.05) is 0 Å². The molecule has 2 aliphatic carbocycles. The highest BCUT2D eigenvalue weighted by atomic mass is 15.2. The summed E-state index contributed by atoms with van der Waals surface area (Å²) in [7, 11) is 0. The van der Waals surface area contributed by atoms with Crippen molar-refractivity contribution in [2.45, 2.75) is 57.9 Å².